The summed E-state index contributed by atoms with van der Waals surface area (Å²) in [6, 6.07) is 7.16. The number of benzene rings is 1. The normalized spacial score (nSPS) is 16.3. The summed E-state index contributed by atoms with van der Waals surface area (Å²) in [5.74, 6) is 1.32. The molecule has 2 N–H and O–H groups in total. The van der Waals surface area contributed by atoms with Crippen molar-refractivity contribution in [1.29, 1.82) is 0 Å². The Hall–Kier alpha value is -1.55. The molecular weight excluding hydrogens is 254 g/mol. The number of rotatable bonds is 7. The average molecular weight is 277 g/mol. The molecule has 1 atom stereocenters. The van der Waals surface area contributed by atoms with Crippen LogP contribution in [0.5, 0.6) is 5.75 Å². The number of hydrogen-bond donors (Lipinski definition) is 2. The molecule has 1 aliphatic carbocycles. The Morgan fingerprint density at radius 1 is 1.50 bits per heavy atom. The highest BCUT2D eigenvalue weighted by Crippen LogP contribution is 2.28. The Bertz CT molecular complexity index is 443. The maximum Gasteiger partial charge on any atom is 0.260 e. The SMILES string of the molecule is CC(Oc1cccc(CO)c1)C(=O)NCCC1CCC1. The van der Waals surface area contributed by atoms with E-state index in [9.17, 15) is 4.79 Å². The molecule has 1 fully saturated rings. The smallest absolute Gasteiger partial charge is 0.260 e. The molecule has 4 heteroatoms. The van der Waals surface area contributed by atoms with E-state index in [2.05, 4.69) is 5.32 Å². The molecule has 0 aliphatic heterocycles. The van der Waals surface area contributed by atoms with E-state index in [0.29, 0.717) is 5.75 Å². The minimum Gasteiger partial charge on any atom is -0.481 e. The number of carbonyl (C=O) groups excluding carboxylic acids is 1. The third kappa shape index (κ3) is 4.23. The van der Waals surface area contributed by atoms with Crippen LogP contribution in [0.3, 0.4) is 0 Å². The van der Waals surface area contributed by atoms with Crippen LogP contribution in [0, 0.1) is 5.92 Å². The van der Waals surface area contributed by atoms with E-state index in [1.165, 1.54) is 19.3 Å². The molecule has 1 aliphatic rings. The van der Waals surface area contributed by atoms with Gasteiger partial charge in [0.2, 0.25) is 0 Å². The maximum atomic E-state index is 11.9. The molecule has 4 nitrogen and oxygen atoms in total. The Morgan fingerprint density at radius 2 is 2.30 bits per heavy atom. The molecule has 1 aromatic carbocycles. The van der Waals surface area contributed by atoms with Gasteiger partial charge >= 0.3 is 0 Å². The second kappa shape index (κ2) is 7.29. The monoisotopic (exact) mass is 277 g/mol. The van der Waals surface area contributed by atoms with E-state index >= 15 is 0 Å². The lowest BCUT2D eigenvalue weighted by Gasteiger charge is -2.25. The van der Waals surface area contributed by atoms with E-state index < -0.39 is 6.10 Å². The average Bonchev–Trinajstić information content (AvgIpc) is 2.41. The van der Waals surface area contributed by atoms with Gasteiger partial charge in [-0.25, -0.2) is 0 Å². The van der Waals surface area contributed by atoms with Crippen molar-refractivity contribution in [1.82, 2.24) is 5.32 Å². The van der Waals surface area contributed by atoms with E-state index in [-0.39, 0.29) is 12.5 Å². The van der Waals surface area contributed by atoms with Gasteiger partial charge < -0.3 is 15.2 Å². The number of ether oxygens (including phenoxy) is 1. The summed E-state index contributed by atoms with van der Waals surface area (Å²) < 4.78 is 5.59. The summed E-state index contributed by atoms with van der Waals surface area (Å²) in [6.45, 7) is 2.44. The van der Waals surface area contributed by atoms with Crippen molar-refractivity contribution in [3.8, 4) is 5.75 Å². The van der Waals surface area contributed by atoms with Crippen molar-refractivity contribution in [3.05, 3.63) is 29.8 Å². The minimum absolute atomic E-state index is 0.0286. The number of aliphatic hydroxyl groups excluding tert-OH is 1. The molecule has 0 radical (unpaired) electrons. The standard InChI is InChI=1S/C16H23NO3/c1-12(16(19)17-9-8-13-4-2-5-13)20-15-7-3-6-14(10-15)11-18/h3,6-7,10,12-13,18H,2,4-5,8-9,11H2,1H3,(H,17,19). The summed E-state index contributed by atoms with van der Waals surface area (Å²) >= 11 is 0. The van der Waals surface area contributed by atoms with E-state index in [1.54, 1.807) is 19.1 Å². The lowest BCUT2D eigenvalue weighted by atomic mass is 9.83. The topological polar surface area (TPSA) is 58.6 Å². The van der Waals surface area contributed by atoms with Crippen LogP contribution in [0.4, 0.5) is 0 Å². The van der Waals surface area contributed by atoms with Gasteiger partial charge in [0.15, 0.2) is 6.10 Å². The van der Waals surface area contributed by atoms with Gasteiger partial charge in [-0.2, -0.15) is 0 Å². The van der Waals surface area contributed by atoms with Crippen LogP contribution in [0.15, 0.2) is 24.3 Å². The van der Waals surface area contributed by atoms with Crippen LogP contribution in [0.1, 0.15) is 38.2 Å². The molecule has 0 spiro atoms. The van der Waals surface area contributed by atoms with E-state index in [4.69, 9.17) is 9.84 Å². The molecule has 1 saturated carbocycles. The maximum absolute atomic E-state index is 11.9. The van der Waals surface area contributed by atoms with Crippen molar-refractivity contribution in [3.63, 3.8) is 0 Å². The van der Waals surface area contributed by atoms with Crippen LogP contribution in [0.2, 0.25) is 0 Å². The van der Waals surface area contributed by atoms with Crippen LogP contribution in [-0.2, 0) is 11.4 Å². The highest BCUT2D eigenvalue weighted by Gasteiger charge is 2.18. The summed E-state index contributed by atoms with van der Waals surface area (Å²) in [6.07, 6.45) is 4.48. The highest BCUT2D eigenvalue weighted by molar-refractivity contribution is 5.80. The first-order chi connectivity index (χ1) is 9.69. The van der Waals surface area contributed by atoms with Gasteiger partial charge in [0.05, 0.1) is 6.61 Å². The number of carbonyl (C=O) groups is 1. The van der Waals surface area contributed by atoms with Crippen molar-refractivity contribution in [2.45, 2.75) is 45.3 Å². The number of amides is 1. The molecular formula is C16H23NO3. The zero-order valence-corrected chi connectivity index (χ0v) is 12.0. The van der Waals surface area contributed by atoms with Gasteiger partial charge in [-0.1, -0.05) is 31.4 Å². The Morgan fingerprint density at radius 3 is 2.95 bits per heavy atom. The Labute approximate surface area is 120 Å². The van der Waals surface area contributed by atoms with Gasteiger partial charge in [0, 0.05) is 6.54 Å². The first-order valence-electron chi connectivity index (χ1n) is 7.33. The van der Waals surface area contributed by atoms with Gasteiger partial charge in [-0.05, 0) is 37.0 Å². The first kappa shape index (κ1) is 14.9. The fourth-order valence-electron chi connectivity index (χ4n) is 2.30. The number of hydrogen-bond acceptors (Lipinski definition) is 3. The zero-order chi connectivity index (χ0) is 14.4. The van der Waals surface area contributed by atoms with E-state index in [1.807, 2.05) is 12.1 Å². The number of aliphatic hydroxyl groups is 1. The fourth-order valence-corrected chi connectivity index (χ4v) is 2.30. The fraction of sp³-hybridized carbons (Fsp3) is 0.562. The molecule has 1 amide bonds. The van der Waals surface area contributed by atoms with Crippen molar-refractivity contribution in [2.24, 2.45) is 5.92 Å². The minimum atomic E-state index is -0.523. The van der Waals surface area contributed by atoms with Crippen molar-refractivity contribution >= 4 is 5.91 Å². The van der Waals surface area contributed by atoms with Gasteiger partial charge in [0.25, 0.3) is 5.91 Å². The molecule has 0 aromatic heterocycles. The first-order valence-corrected chi connectivity index (χ1v) is 7.33. The Balaban J connectivity index is 1.74. The van der Waals surface area contributed by atoms with Crippen LogP contribution in [0.25, 0.3) is 0 Å². The second-order valence-electron chi connectivity index (χ2n) is 5.44. The molecule has 0 bridgehead atoms. The molecule has 2 rings (SSSR count). The van der Waals surface area contributed by atoms with Crippen LogP contribution in [-0.4, -0.2) is 23.7 Å². The third-order valence-corrected chi connectivity index (χ3v) is 3.84. The van der Waals surface area contributed by atoms with Gasteiger partial charge in [0.1, 0.15) is 5.75 Å². The lowest BCUT2D eigenvalue weighted by molar-refractivity contribution is -0.127. The lowest BCUT2D eigenvalue weighted by Crippen LogP contribution is -2.37. The predicted molar refractivity (Wildman–Crippen MR) is 77.4 cm³/mol. The van der Waals surface area contributed by atoms with Gasteiger partial charge in [-0.15, -0.1) is 0 Å². The molecule has 20 heavy (non-hydrogen) atoms. The summed E-state index contributed by atoms with van der Waals surface area (Å²) in [5.41, 5.74) is 0.778. The summed E-state index contributed by atoms with van der Waals surface area (Å²) in [7, 11) is 0. The third-order valence-electron chi connectivity index (χ3n) is 3.84. The van der Waals surface area contributed by atoms with Crippen LogP contribution < -0.4 is 10.1 Å². The van der Waals surface area contributed by atoms with E-state index in [0.717, 1.165) is 24.4 Å². The van der Waals surface area contributed by atoms with Crippen LogP contribution >= 0.6 is 0 Å². The predicted octanol–water partition coefficient (Wildman–Crippen LogP) is 2.25. The highest BCUT2D eigenvalue weighted by atomic mass is 16.5. The molecule has 110 valence electrons. The molecule has 1 aromatic rings. The largest absolute Gasteiger partial charge is 0.481 e. The van der Waals surface area contributed by atoms with Crippen molar-refractivity contribution in [2.75, 3.05) is 6.54 Å². The molecule has 1 unspecified atom stereocenters. The van der Waals surface area contributed by atoms with Gasteiger partial charge in [-0.3, -0.25) is 4.79 Å². The summed E-state index contributed by atoms with van der Waals surface area (Å²) in [4.78, 5) is 11.9. The molecule has 0 heterocycles. The summed E-state index contributed by atoms with van der Waals surface area (Å²) in [5, 5.41) is 12.0. The second-order valence-corrected chi connectivity index (χ2v) is 5.44. The van der Waals surface area contributed by atoms with Crippen molar-refractivity contribution < 1.29 is 14.6 Å². The zero-order valence-electron chi connectivity index (χ0n) is 12.0. The molecule has 0 saturated heterocycles. The quantitative estimate of drug-likeness (QED) is 0.803. The Kier molecular flexibility index (Phi) is 5.41. The number of nitrogens with one attached hydrogen (secondary N) is 1.